The number of amides is 3. The number of benzene rings is 2. The van der Waals surface area contributed by atoms with Crippen LogP contribution in [0.15, 0.2) is 78.5 Å². The molecule has 0 saturated carbocycles. The lowest BCUT2D eigenvalue weighted by Gasteiger charge is -2.25. The van der Waals surface area contributed by atoms with Gasteiger partial charge in [-0.2, -0.15) is 0 Å². The molecule has 0 saturated heterocycles. The summed E-state index contributed by atoms with van der Waals surface area (Å²) >= 11 is 0. The van der Waals surface area contributed by atoms with Crippen molar-refractivity contribution in [2.75, 3.05) is 13.1 Å². The first-order valence-corrected chi connectivity index (χ1v) is 9.13. The largest absolute Gasteiger partial charge is 0.489 e. The van der Waals surface area contributed by atoms with E-state index in [1.807, 2.05) is 54.6 Å². The van der Waals surface area contributed by atoms with Crippen LogP contribution in [0, 0.1) is 0 Å². The summed E-state index contributed by atoms with van der Waals surface area (Å²) < 4.78 is 5.81. The second-order valence-electron chi connectivity index (χ2n) is 6.74. The van der Waals surface area contributed by atoms with Crippen LogP contribution in [0.3, 0.4) is 0 Å². The van der Waals surface area contributed by atoms with Gasteiger partial charge in [-0.25, -0.2) is 4.79 Å². The molecular weight excluding hydrogens is 354 g/mol. The van der Waals surface area contributed by atoms with E-state index in [0.29, 0.717) is 31.0 Å². The molecule has 6 nitrogen and oxygen atoms in total. The Labute approximate surface area is 163 Å². The van der Waals surface area contributed by atoms with Gasteiger partial charge in [0.15, 0.2) is 0 Å². The third-order valence-corrected chi connectivity index (χ3v) is 4.83. The molecule has 2 aliphatic heterocycles. The van der Waals surface area contributed by atoms with E-state index in [0.717, 1.165) is 16.9 Å². The lowest BCUT2D eigenvalue weighted by atomic mass is 9.96. The molecule has 0 spiro atoms. The first-order valence-electron chi connectivity index (χ1n) is 9.13. The Kier molecular flexibility index (Phi) is 4.85. The topological polar surface area (TPSA) is 70.7 Å². The average Bonchev–Trinajstić information content (AvgIpc) is 3.02. The molecule has 0 unspecified atom stereocenters. The maximum atomic E-state index is 12.8. The molecule has 0 bridgehead atoms. The Balaban J connectivity index is 1.51. The molecule has 2 aromatic carbocycles. The summed E-state index contributed by atoms with van der Waals surface area (Å²) in [4.78, 5) is 26.5. The first-order chi connectivity index (χ1) is 13.7. The summed E-state index contributed by atoms with van der Waals surface area (Å²) in [5, 5.41) is 5.61. The molecule has 142 valence electrons. The SMILES string of the molecule is C=CCN1CC2=C(C1=O)[C@H](c1ccc(OCc3ccccc3)cc1)NC(=O)N2. The Morgan fingerprint density at radius 3 is 2.57 bits per heavy atom. The molecule has 2 N–H and O–H groups in total. The van der Waals surface area contributed by atoms with Crippen molar-refractivity contribution in [1.82, 2.24) is 15.5 Å². The summed E-state index contributed by atoms with van der Waals surface area (Å²) in [6.45, 7) is 5.00. The van der Waals surface area contributed by atoms with Gasteiger partial charge in [-0.1, -0.05) is 48.5 Å². The van der Waals surface area contributed by atoms with Crippen molar-refractivity contribution < 1.29 is 14.3 Å². The van der Waals surface area contributed by atoms with Gasteiger partial charge in [0.05, 0.1) is 23.9 Å². The Morgan fingerprint density at radius 1 is 1.11 bits per heavy atom. The number of carbonyl (C=O) groups is 2. The van der Waals surface area contributed by atoms with Crippen LogP contribution >= 0.6 is 0 Å². The summed E-state index contributed by atoms with van der Waals surface area (Å²) in [6, 6.07) is 16.6. The van der Waals surface area contributed by atoms with E-state index >= 15 is 0 Å². The maximum Gasteiger partial charge on any atom is 0.319 e. The molecule has 28 heavy (non-hydrogen) atoms. The second kappa shape index (κ2) is 7.60. The zero-order valence-electron chi connectivity index (χ0n) is 15.4. The highest BCUT2D eigenvalue weighted by atomic mass is 16.5. The third-order valence-electron chi connectivity index (χ3n) is 4.83. The molecule has 6 heteroatoms. The minimum absolute atomic E-state index is 0.0863. The maximum absolute atomic E-state index is 12.8. The molecule has 3 amide bonds. The van der Waals surface area contributed by atoms with Gasteiger partial charge in [0, 0.05) is 6.54 Å². The molecule has 0 aromatic heterocycles. The van der Waals surface area contributed by atoms with Crippen molar-refractivity contribution >= 4 is 11.9 Å². The lowest BCUT2D eigenvalue weighted by Crippen LogP contribution is -2.44. The van der Waals surface area contributed by atoms with Gasteiger partial charge in [-0.3, -0.25) is 4.79 Å². The molecule has 0 radical (unpaired) electrons. The van der Waals surface area contributed by atoms with Crippen LogP contribution in [-0.4, -0.2) is 29.9 Å². The number of ether oxygens (including phenoxy) is 1. The predicted octanol–water partition coefficient (Wildman–Crippen LogP) is 2.90. The fraction of sp³-hybridized carbons (Fsp3) is 0.182. The second-order valence-corrected chi connectivity index (χ2v) is 6.74. The van der Waals surface area contributed by atoms with Crippen LogP contribution < -0.4 is 15.4 Å². The van der Waals surface area contributed by atoms with Gasteiger partial charge < -0.3 is 20.3 Å². The standard InChI is InChI=1S/C22H21N3O3/c1-2-12-25-13-18-19(21(25)26)20(24-22(27)23-18)16-8-10-17(11-9-16)28-14-15-6-4-3-5-7-15/h2-11,20H,1,12-14H2,(H2,23,24,27)/t20-/m0/s1. The van der Waals surface area contributed by atoms with Crippen LogP contribution in [0.4, 0.5) is 4.79 Å². The zero-order chi connectivity index (χ0) is 19.5. The molecule has 2 aliphatic rings. The van der Waals surface area contributed by atoms with E-state index in [2.05, 4.69) is 17.2 Å². The van der Waals surface area contributed by atoms with Crippen LogP contribution in [0.5, 0.6) is 5.75 Å². The van der Waals surface area contributed by atoms with Gasteiger partial charge in [0.2, 0.25) is 0 Å². The summed E-state index contributed by atoms with van der Waals surface area (Å²) in [5.74, 6) is 0.643. The summed E-state index contributed by atoms with van der Waals surface area (Å²) in [7, 11) is 0. The molecule has 0 aliphatic carbocycles. The van der Waals surface area contributed by atoms with E-state index in [4.69, 9.17) is 4.74 Å². The number of hydrogen-bond donors (Lipinski definition) is 2. The highest BCUT2D eigenvalue weighted by Gasteiger charge is 2.39. The number of rotatable bonds is 6. The first kappa shape index (κ1) is 17.9. The Hall–Kier alpha value is -3.54. The number of nitrogens with zero attached hydrogens (tertiary/aromatic N) is 1. The quantitative estimate of drug-likeness (QED) is 0.763. The number of nitrogens with one attached hydrogen (secondary N) is 2. The Bertz CT molecular complexity index is 935. The molecule has 4 rings (SSSR count). The van der Waals surface area contributed by atoms with Crippen molar-refractivity contribution in [3.63, 3.8) is 0 Å². The number of urea groups is 1. The van der Waals surface area contributed by atoms with Crippen LogP contribution in [0.2, 0.25) is 0 Å². The van der Waals surface area contributed by atoms with Crippen LogP contribution in [-0.2, 0) is 11.4 Å². The van der Waals surface area contributed by atoms with Crippen molar-refractivity contribution in [3.05, 3.63) is 89.6 Å². The third kappa shape index (κ3) is 3.49. The number of hydrogen-bond acceptors (Lipinski definition) is 3. The van der Waals surface area contributed by atoms with Crippen molar-refractivity contribution in [1.29, 1.82) is 0 Å². The normalized spacial score (nSPS) is 18.4. The average molecular weight is 375 g/mol. The zero-order valence-corrected chi connectivity index (χ0v) is 15.4. The summed E-state index contributed by atoms with van der Waals surface area (Å²) in [6.07, 6.45) is 1.68. The Morgan fingerprint density at radius 2 is 1.86 bits per heavy atom. The molecular formula is C22H21N3O3. The van der Waals surface area contributed by atoms with Gasteiger partial charge in [-0.05, 0) is 23.3 Å². The van der Waals surface area contributed by atoms with Crippen LogP contribution in [0.1, 0.15) is 17.2 Å². The van der Waals surface area contributed by atoms with E-state index in [1.54, 1.807) is 11.0 Å². The highest BCUT2D eigenvalue weighted by molar-refractivity contribution is 6.01. The smallest absolute Gasteiger partial charge is 0.319 e. The van der Waals surface area contributed by atoms with Gasteiger partial charge in [0.25, 0.3) is 5.91 Å². The fourth-order valence-electron chi connectivity index (χ4n) is 3.48. The van der Waals surface area contributed by atoms with E-state index in [-0.39, 0.29) is 11.9 Å². The van der Waals surface area contributed by atoms with E-state index in [9.17, 15) is 9.59 Å². The van der Waals surface area contributed by atoms with Crippen LogP contribution in [0.25, 0.3) is 0 Å². The fourth-order valence-corrected chi connectivity index (χ4v) is 3.48. The van der Waals surface area contributed by atoms with E-state index in [1.165, 1.54) is 0 Å². The predicted molar refractivity (Wildman–Crippen MR) is 105 cm³/mol. The minimum Gasteiger partial charge on any atom is -0.489 e. The minimum atomic E-state index is -0.478. The van der Waals surface area contributed by atoms with E-state index < -0.39 is 6.04 Å². The molecule has 0 fully saturated rings. The summed E-state index contributed by atoms with van der Waals surface area (Å²) in [5.41, 5.74) is 3.17. The van der Waals surface area contributed by atoms with Gasteiger partial charge in [-0.15, -0.1) is 6.58 Å². The van der Waals surface area contributed by atoms with Crippen molar-refractivity contribution in [3.8, 4) is 5.75 Å². The monoisotopic (exact) mass is 375 g/mol. The van der Waals surface area contributed by atoms with Gasteiger partial charge in [0.1, 0.15) is 12.4 Å². The lowest BCUT2D eigenvalue weighted by molar-refractivity contribution is -0.125. The van der Waals surface area contributed by atoms with Gasteiger partial charge >= 0.3 is 6.03 Å². The highest BCUT2D eigenvalue weighted by Crippen LogP contribution is 2.33. The van der Waals surface area contributed by atoms with Crippen molar-refractivity contribution in [2.45, 2.75) is 12.6 Å². The number of carbonyl (C=O) groups excluding carboxylic acids is 2. The van der Waals surface area contributed by atoms with Crippen molar-refractivity contribution in [2.24, 2.45) is 0 Å². The molecule has 2 heterocycles. The molecule has 2 aromatic rings. The molecule has 1 atom stereocenters.